The van der Waals surface area contributed by atoms with Gasteiger partial charge in [0.1, 0.15) is 0 Å². The summed E-state index contributed by atoms with van der Waals surface area (Å²) in [6.45, 7) is 4.05. The van der Waals surface area contributed by atoms with Crippen LogP contribution < -0.4 is 0 Å². The van der Waals surface area contributed by atoms with Crippen molar-refractivity contribution in [3.8, 4) is 0 Å². The first kappa shape index (κ1) is 13.2. The number of hydrogen-bond donors (Lipinski definition) is 1. The van der Waals surface area contributed by atoms with E-state index in [1.165, 1.54) is 19.3 Å². The largest absolute Gasteiger partial charge is 0.481 e. The zero-order valence-corrected chi connectivity index (χ0v) is 9.33. The Morgan fingerprint density at radius 2 is 1.93 bits per heavy atom. The summed E-state index contributed by atoms with van der Waals surface area (Å²) in [6.07, 6.45) is 10.3. The van der Waals surface area contributed by atoms with E-state index in [0.717, 1.165) is 19.3 Å². The summed E-state index contributed by atoms with van der Waals surface area (Å²) in [4.78, 5) is 10.8. The number of carboxylic acids is 1. The number of carbonyl (C=O) groups is 1. The molecule has 14 heavy (non-hydrogen) atoms. The average Bonchev–Trinajstić information content (AvgIpc) is 2.15. The lowest BCUT2D eigenvalue weighted by Gasteiger charge is -2.06. The molecule has 0 amide bonds. The van der Waals surface area contributed by atoms with Crippen LogP contribution in [0.25, 0.3) is 0 Å². The Kier molecular flexibility index (Phi) is 8.30. The van der Waals surface area contributed by atoms with E-state index in [1.807, 2.05) is 13.0 Å². The van der Waals surface area contributed by atoms with Gasteiger partial charge in [0.25, 0.3) is 0 Å². The summed E-state index contributed by atoms with van der Waals surface area (Å²) in [7, 11) is 0. The maximum Gasteiger partial charge on any atom is 0.310 e. The van der Waals surface area contributed by atoms with Gasteiger partial charge in [0, 0.05) is 0 Å². The van der Waals surface area contributed by atoms with Gasteiger partial charge in [0.2, 0.25) is 0 Å². The second-order valence-electron chi connectivity index (χ2n) is 3.67. The molecule has 2 heteroatoms. The lowest BCUT2D eigenvalue weighted by molar-refractivity contribution is -0.140. The third kappa shape index (κ3) is 6.70. The summed E-state index contributed by atoms with van der Waals surface area (Å²) >= 11 is 0. The monoisotopic (exact) mass is 198 g/mol. The number of allylic oxidation sites excluding steroid dienone is 1. The molecule has 0 bridgehead atoms. The van der Waals surface area contributed by atoms with Crippen molar-refractivity contribution < 1.29 is 9.90 Å². The molecule has 0 aliphatic carbocycles. The van der Waals surface area contributed by atoms with Gasteiger partial charge in [-0.2, -0.15) is 0 Å². The molecular weight excluding hydrogens is 176 g/mol. The van der Waals surface area contributed by atoms with Crippen molar-refractivity contribution in [3.05, 3.63) is 12.2 Å². The molecule has 82 valence electrons. The fourth-order valence-corrected chi connectivity index (χ4v) is 1.50. The van der Waals surface area contributed by atoms with E-state index in [9.17, 15) is 4.79 Å². The highest BCUT2D eigenvalue weighted by Gasteiger charge is 2.12. The van der Waals surface area contributed by atoms with Crippen LogP contribution in [-0.4, -0.2) is 11.1 Å². The van der Waals surface area contributed by atoms with Crippen molar-refractivity contribution in [3.63, 3.8) is 0 Å². The van der Waals surface area contributed by atoms with Gasteiger partial charge in [-0.3, -0.25) is 4.79 Å². The molecule has 0 aliphatic rings. The van der Waals surface area contributed by atoms with Crippen LogP contribution in [0.2, 0.25) is 0 Å². The molecule has 0 radical (unpaired) electrons. The van der Waals surface area contributed by atoms with Crippen LogP contribution >= 0.6 is 0 Å². The highest BCUT2D eigenvalue weighted by Crippen LogP contribution is 2.13. The second kappa shape index (κ2) is 8.79. The number of rotatable bonds is 8. The molecule has 0 saturated carbocycles. The summed E-state index contributed by atoms with van der Waals surface area (Å²) in [6, 6.07) is 0. The van der Waals surface area contributed by atoms with Gasteiger partial charge in [0.05, 0.1) is 5.92 Å². The van der Waals surface area contributed by atoms with Crippen molar-refractivity contribution in [2.24, 2.45) is 5.92 Å². The smallest absolute Gasteiger partial charge is 0.310 e. The minimum absolute atomic E-state index is 0.276. The Labute approximate surface area is 87.0 Å². The second-order valence-corrected chi connectivity index (χ2v) is 3.67. The molecule has 1 atom stereocenters. The first-order valence-corrected chi connectivity index (χ1v) is 5.58. The van der Waals surface area contributed by atoms with E-state index in [0.29, 0.717) is 0 Å². The Balaban J connectivity index is 3.56. The molecular formula is C12H22O2. The van der Waals surface area contributed by atoms with Gasteiger partial charge in [-0.25, -0.2) is 0 Å². The number of aliphatic carboxylic acids is 1. The van der Waals surface area contributed by atoms with E-state index in [2.05, 4.69) is 6.92 Å². The predicted molar refractivity (Wildman–Crippen MR) is 59.3 cm³/mol. The molecule has 1 N–H and O–H groups in total. The third-order valence-corrected chi connectivity index (χ3v) is 2.36. The molecule has 0 aromatic rings. The standard InChI is InChI=1S/C12H22O2/c1-3-5-6-7-8-10-11(9-4-2)12(13)14/h4,9,11H,3,5-8,10H2,1-2H3,(H,13,14). The fraction of sp³-hybridized carbons (Fsp3) is 0.750. The highest BCUT2D eigenvalue weighted by atomic mass is 16.4. The van der Waals surface area contributed by atoms with Gasteiger partial charge < -0.3 is 5.11 Å². The Morgan fingerprint density at radius 1 is 1.29 bits per heavy atom. The molecule has 0 spiro atoms. The van der Waals surface area contributed by atoms with Crippen LogP contribution in [0.5, 0.6) is 0 Å². The number of carboxylic acid groups (broad SMARTS) is 1. The maximum atomic E-state index is 10.8. The van der Waals surface area contributed by atoms with Gasteiger partial charge in [-0.15, -0.1) is 0 Å². The molecule has 0 aromatic carbocycles. The van der Waals surface area contributed by atoms with Crippen LogP contribution in [0, 0.1) is 5.92 Å². The molecule has 0 saturated heterocycles. The average molecular weight is 198 g/mol. The summed E-state index contributed by atoms with van der Waals surface area (Å²) in [5.41, 5.74) is 0. The first-order valence-electron chi connectivity index (χ1n) is 5.58. The SMILES string of the molecule is CC=CC(CCCCCCC)C(=O)O. The van der Waals surface area contributed by atoms with Crippen molar-refractivity contribution in [2.75, 3.05) is 0 Å². The summed E-state index contributed by atoms with van der Waals surface area (Å²) in [5.74, 6) is -0.972. The van der Waals surface area contributed by atoms with Crippen molar-refractivity contribution in [2.45, 2.75) is 52.4 Å². The molecule has 0 aromatic heterocycles. The number of unbranched alkanes of at least 4 members (excludes halogenated alkanes) is 4. The van der Waals surface area contributed by atoms with Crippen molar-refractivity contribution in [1.82, 2.24) is 0 Å². The fourth-order valence-electron chi connectivity index (χ4n) is 1.50. The summed E-state index contributed by atoms with van der Waals surface area (Å²) in [5, 5.41) is 8.86. The quantitative estimate of drug-likeness (QED) is 0.477. The first-order chi connectivity index (χ1) is 6.72. The third-order valence-electron chi connectivity index (χ3n) is 2.36. The zero-order valence-electron chi connectivity index (χ0n) is 9.33. The topological polar surface area (TPSA) is 37.3 Å². The lowest BCUT2D eigenvalue weighted by atomic mass is 10.0. The predicted octanol–water partition coefficient (Wildman–Crippen LogP) is 3.62. The number of hydrogen-bond acceptors (Lipinski definition) is 1. The van der Waals surface area contributed by atoms with Crippen LogP contribution in [0.3, 0.4) is 0 Å². The van der Waals surface area contributed by atoms with Crippen molar-refractivity contribution >= 4 is 5.97 Å². The highest BCUT2D eigenvalue weighted by molar-refractivity contribution is 5.71. The normalized spacial score (nSPS) is 13.3. The zero-order chi connectivity index (χ0) is 10.8. The van der Waals surface area contributed by atoms with Crippen LogP contribution in [0.4, 0.5) is 0 Å². The van der Waals surface area contributed by atoms with Gasteiger partial charge in [0.15, 0.2) is 0 Å². The maximum absolute atomic E-state index is 10.8. The molecule has 0 heterocycles. The van der Waals surface area contributed by atoms with E-state index in [1.54, 1.807) is 6.08 Å². The lowest BCUT2D eigenvalue weighted by Crippen LogP contribution is -2.10. The van der Waals surface area contributed by atoms with Crippen molar-refractivity contribution in [1.29, 1.82) is 0 Å². The molecule has 0 rings (SSSR count). The molecule has 1 unspecified atom stereocenters. The van der Waals surface area contributed by atoms with E-state index >= 15 is 0 Å². The van der Waals surface area contributed by atoms with Crippen LogP contribution in [0.1, 0.15) is 52.4 Å². The molecule has 0 aliphatic heterocycles. The van der Waals surface area contributed by atoms with Gasteiger partial charge in [-0.05, 0) is 13.3 Å². The summed E-state index contributed by atoms with van der Waals surface area (Å²) < 4.78 is 0. The minimum atomic E-state index is -0.696. The van der Waals surface area contributed by atoms with Crippen LogP contribution in [-0.2, 0) is 4.79 Å². The molecule has 0 fully saturated rings. The van der Waals surface area contributed by atoms with Gasteiger partial charge >= 0.3 is 5.97 Å². The Bertz CT molecular complexity index is 173. The Hall–Kier alpha value is -0.790. The molecule has 2 nitrogen and oxygen atoms in total. The van der Waals surface area contributed by atoms with E-state index in [-0.39, 0.29) is 5.92 Å². The van der Waals surface area contributed by atoms with E-state index in [4.69, 9.17) is 5.11 Å². The van der Waals surface area contributed by atoms with Crippen LogP contribution in [0.15, 0.2) is 12.2 Å². The van der Waals surface area contributed by atoms with Gasteiger partial charge in [-0.1, -0.05) is 51.2 Å². The Morgan fingerprint density at radius 3 is 2.43 bits per heavy atom. The minimum Gasteiger partial charge on any atom is -0.481 e. The van der Waals surface area contributed by atoms with E-state index < -0.39 is 5.97 Å².